The Labute approximate surface area is 122 Å². The molecule has 21 heavy (non-hydrogen) atoms. The Bertz CT molecular complexity index is 742. The summed E-state index contributed by atoms with van der Waals surface area (Å²) in [5.74, 6) is 1.59. The number of nitrogens with two attached hydrogens (primary N) is 1. The van der Waals surface area contributed by atoms with Gasteiger partial charge in [-0.25, -0.2) is 4.98 Å². The van der Waals surface area contributed by atoms with Gasteiger partial charge in [0.1, 0.15) is 5.82 Å². The lowest BCUT2D eigenvalue weighted by atomic mass is 10.1. The molecule has 1 aromatic carbocycles. The minimum atomic E-state index is 0.460. The number of hydrogen-bond donors (Lipinski definition) is 1. The van der Waals surface area contributed by atoms with Crippen LogP contribution in [-0.4, -0.2) is 15.1 Å². The number of pyridine rings is 1. The molecule has 2 aromatic heterocycles. The molecule has 0 radical (unpaired) electrons. The van der Waals surface area contributed by atoms with Crippen molar-refractivity contribution in [3.63, 3.8) is 0 Å². The molecule has 0 amide bonds. The summed E-state index contributed by atoms with van der Waals surface area (Å²) < 4.78 is 5.28. The van der Waals surface area contributed by atoms with Crippen molar-refractivity contribution >= 4 is 5.82 Å². The van der Waals surface area contributed by atoms with Crippen LogP contribution in [0.25, 0.3) is 11.5 Å². The van der Waals surface area contributed by atoms with E-state index in [0.29, 0.717) is 24.0 Å². The summed E-state index contributed by atoms with van der Waals surface area (Å²) in [5.41, 5.74) is 9.97. The molecule has 0 saturated heterocycles. The number of benzene rings is 1. The number of aromatic nitrogens is 3. The molecule has 2 heterocycles. The van der Waals surface area contributed by atoms with Gasteiger partial charge in [-0.05, 0) is 31.5 Å². The predicted octanol–water partition coefficient (Wildman–Crippen LogP) is 2.92. The number of rotatable bonds is 3. The summed E-state index contributed by atoms with van der Waals surface area (Å²) in [6.07, 6.45) is 2.28. The van der Waals surface area contributed by atoms with E-state index in [1.165, 1.54) is 16.7 Å². The Hall–Kier alpha value is -2.69. The third-order valence-electron chi connectivity index (χ3n) is 3.15. The largest absolute Gasteiger partial charge is 0.384 e. The molecule has 0 saturated carbocycles. The average Bonchev–Trinajstić information content (AvgIpc) is 2.87. The van der Waals surface area contributed by atoms with Crippen molar-refractivity contribution in [1.29, 1.82) is 0 Å². The third-order valence-corrected chi connectivity index (χ3v) is 3.15. The van der Waals surface area contributed by atoms with Crippen LogP contribution < -0.4 is 5.73 Å². The van der Waals surface area contributed by atoms with Crippen LogP contribution in [0.2, 0.25) is 0 Å². The molecule has 3 rings (SSSR count). The lowest BCUT2D eigenvalue weighted by Crippen LogP contribution is -1.93. The first-order valence-corrected chi connectivity index (χ1v) is 6.72. The number of aryl methyl sites for hydroxylation is 2. The average molecular weight is 280 g/mol. The van der Waals surface area contributed by atoms with Crippen LogP contribution in [0, 0.1) is 13.8 Å². The molecule has 2 N–H and O–H groups in total. The summed E-state index contributed by atoms with van der Waals surface area (Å²) in [4.78, 5) is 8.43. The zero-order valence-electron chi connectivity index (χ0n) is 12.0. The molecule has 5 nitrogen and oxygen atoms in total. The van der Waals surface area contributed by atoms with Gasteiger partial charge in [-0.3, -0.25) is 0 Å². The van der Waals surface area contributed by atoms with Gasteiger partial charge in [0, 0.05) is 12.6 Å². The Balaban J connectivity index is 1.83. The van der Waals surface area contributed by atoms with Gasteiger partial charge in [-0.1, -0.05) is 34.5 Å². The third kappa shape index (κ3) is 3.08. The monoisotopic (exact) mass is 280 g/mol. The highest BCUT2D eigenvalue weighted by Crippen LogP contribution is 2.18. The smallest absolute Gasteiger partial charge is 0.259 e. The summed E-state index contributed by atoms with van der Waals surface area (Å²) in [5, 5.41) is 4.02. The fourth-order valence-electron chi connectivity index (χ4n) is 2.33. The molecule has 0 aliphatic rings. The number of nitrogen functional groups attached to an aromatic ring is 1. The van der Waals surface area contributed by atoms with E-state index in [1.54, 1.807) is 12.3 Å². The molecular formula is C16H16N4O. The summed E-state index contributed by atoms with van der Waals surface area (Å²) in [6, 6.07) is 9.94. The molecule has 0 aliphatic heterocycles. The lowest BCUT2D eigenvalue weighted by Gasteiger charge is -2.01. The molecule has 0 unspecified atom stereocenters. The van der Waals surface area contributed by atoms with Crippen molar-refractivity contribution in [3.05, 3.63) is 59.0 Å². The second kappa shape index (κ2) is 5.36. The molecule has 106 valence electrons. The maximum absolute atomic E-state index is 5.56. The second-order valence-corrected chi connectivity index (χ2v) is 5.16. The van der Waals surface area contributed by atoms with Crippen molar-refractivity contribution in [1.82, 2.24) is 15.1 Å². The number of hydrogen-bond acceptors (Lipinski definition) is 5. The zero-order chi connectivity index (χ0) is 14.8. The van der Waals surface area contributed by atoms with E-state index in [2.05, 4.69) is 47.2 Å². The van der Waals surface area contributed by atoms with Gasteiger partial charge in [-0.15, -0.1) is 0 Å². The molecule has 0 atom stereocenters. The Morgan fingerprint density at radius 1 is 1.10 bits per heavy atom. The van der Waals surface area contributed by atoms with E-state index < -0.39 is 0 Å². The maximum Gasteiger partial charge on any atom is 0.259 e. The number of nitrogens with zero attached hydrogens (tertiary/aromatic N) is 3. The quantitative estimate of drug-likeness (QED) is 0.798. The molecule has 0 aliphatic carbocycles. The predicted molar refractivity (Wildman–Crippen MR) is 80.7 cm³/mol. The van der Waals surface area contributed by atoms with Crippen molar-refractivity contribution in [3.8, 4) is 11.5 Å². The highest BCUT2D eigenvalue weighted by molar-refractivity contribution is 5.53. The summed E-state index contributed by atoms with van der Waals surface area (Å²) in [7, 11) is 0. The molecule has 0 fully saturated rings. The minimum Gasteiger partial charge on any atom is -0.384 e. The highest BCUT2D eigenvalue weighted by Gasteiger charge is 2.10. The first-order valence-electron chi connectivity index (χ1n) is 6.72. The molecule has 0 spiro atoms. The van der Waals surface area contributed by atoms with Gasteiger partial charge < -0.3 is 10.3 Å². The van der Waals surface area contributed by atoms with Crippen LogP contribution in [0.4, 0.5) is 5.82 Å². The van der Waals surface area contributed by atoms with Gasteiger partial charge >= 0.3 is 0 Å². The van der Waals surface area contributed by atoms with E-state index in [0.717, 1.165) is 5.56 Å². The SMILES string of the molecule is Cc1cc(C)cc(Cc2noc(-c3ccc(N)nc3)n2)c1. The normalized spacial score (nSPS) is 10.8. The van der Waals surface area contributed by atoms with E-state index in [1.807, 2.05) is 6.07 Å². The first-order chi connectivity index (χ1) is 10.1. The Kier molecular flexibility index (Phi) is 3.39. The fourth-order valence-corrected chi connectivity index (χ4v) is 2.33. The molecule has 3 aromatic rings. The van der Waals surface area contributed by atoms with Gasteiger partial charge in [0.25, 0.3) is 5.89 Å². The molecule has 0 bridgehead atoms. The van der Waals surface area contributed by atoms with Crippen LogP contribution >= 0.6 is 0 Å². The molecular weight excluding hydrogens is 264 g/mol. The Morgan fingerprint density at radius 2 is 1.86 bits per heavy atom. The fraction of sp³-hybridized carbons (Fsp3) is 0.188. The minimum absolute atomic E-state index is 0.460. The lowest BCUT2D eigenvalue weighted by molar-refractivity contribution is 0.424. The maximum atomic E-state index is 5.56. The van der Waals surface area contributed by atoms with Crippen molar-refractivity contribution in [2.75, 3.05) is 5.73 Å². The van der Waals surface area contributed by atoms with Gasteiger partial charge in [-0.2, -0.15) is 4.98 Å². The first kappa shape index (κ1) is 13.3. The van der Waals surface area contributed by atoms with E-state index in [-0.39, 0.29) is 0 Å². The van der Waals surface area contributed by atoms with Crippen LogP contribution in [0.3, 0.4) is 0 Å². The zero-order valence-corrected chi connectivity index (χ0v) is 12.0. The standard InChI is InChI=1S/C16H16N4O/c1-10-5-11(2)7-12(6-10)8-15-19-16(21-20-15)13-3-4-14(17)18-9-13/h3-7,9H,8H2,1-2H3,(H2,17,18). The van der Waals surface area contributed by atoms with Crippen LogP contribution in [0.15, 0.2) is 41.1 Å². The Morgan fingerprint density at radius 3 is 2.52 bits per heavy atom. The van der Waals surface area contributed by atoms with E-state index in [9.17, 15) is 0 Å². The number of anilines is 1. The van der Waals surface area contributed by atoms with Crippen molar-refractivity contribution in [2.45, 2.75) is 20.3 Å². The highest BCUT2D eigenvalue weighted by atomic mass is 16.5. The van der Waals surface area contributed by atoms with Crippen LogP contribution in [0.1, 0.15) is 22.5 Å². The van der Waals surface area contributed by atoms with E-state index >= 15 is 0 Å². The molecule has 5 heteroatoms. The van der Waals surface area contributed by atoms with Gasteiger partial charge in [0.05, 0.1) is 5.56 Å². The van der Waals surface area contributed by atoms with Gasteiger partial charge in [0.2, 0.25) is 0 Å². The van der Waals surface area contributed by atoms with Crippen LogP contribution in [-0.2, 0) is 6.42 Å². The summed E-state index contributed by atoms with van der Waals surface area (Å²) in [6.45, 7) is 4.16. The van der Waals surface area contributed by atoms with Crippen molar-refractivity contribution in [2.24, 2.45) is 0 Å². The van der Waals surface area contributed by atoms with Crippen LogP contribution in [0.5, 0.6) is 0 Å². The summed E-state index contributed by atoms with van der Waals surface area (Å²) >= 11 is 0. The van der Waals surface area contributed by atoms with Crippen molar-refractivity contribution < 1.29 is 4.52 Å². The van der Waals surface area contributed by atoms with E-state index in [4.69, 9.17) is 10.3 Å². The second-order valence-electron chi connectivity index (χ2n) is 5.16. The van der Waals surface area contributed by atoms with Gasteiger partial charge in [0.15, 0.2) is 5.82 Å². The topological polar surface area (TPSA) is 77.8 Å².